The van der Waals surface area contributed by atoms with Crippen LogP contribution in [0.15, 0.2) is 12.5 Å². The molecule has 1 aromatic rings. The van der Waals surface area contributed by atoms with E-state index >= 15 is 0 Å². The van der Waals surface area contributed by atoms with Crippen LogP contribution < -0.4 is 5.32 Å². The van der Waals surface area contributed by atoms with Crippen molar-refractivity contribution in [1.29, 1.82) is 0 Å². The van der Waals surface area contributed by atoms with E-state index in [-0.39, 0.29) is 12.4 Å². The van der Waals surface area contributed by atoms with Gasteiger partial charge in [0.25, 0.3) is 0 Å². The van der Waals surface area contributed by atoms with Gasteiger partial charge in [-0.3, -0.25) is 0 Å². The number of aromatic amines is 1. The van der Waals surface area contributed by atoms with E-state index in [0.717, 1.165) is 5.82 Å². The Labute approximate surface area is 53.9 Å². The number of aromatic nitrogens is 2. The van der Waals surface area contributed by atoms with Crippen LogP contribution in [-0.2, 0) is 0 Å². The van der Waals surface area contributed by atoms with Gasteiger partial charge in [0.1, 0.15) is 5.82 Å². The molecular formula is C4H8ClN3. The SMILES string of the molecule is CNc1c[nH]cn1.Cl. The van der Waals surface area contributed by atoms with E-state index in [1.807, 2.05) is 7.05 Å². The zero-order chi connectivity index (χ0) is 5.11. The molecule has 3 nitrogen and oxygen atoms in total. The topological polar surface area (TPSA) is 40.7 Å². The summed E-state index contributed by atoms with van der Waals surface area (Å²) in [5.41, 5.74) is 0. The smallest absolute Gasteiger partial charge is 0.143 e. The van der Waals surface area contributed by atoms with Gasteiger partial charge in [-0.2, -0.15) is 0 Å². The van der Waals surface area contributed by atoms with Crippen molar-refractivity contribution in [3.8, 4) is 0 Å². The fourth-order valence-corrected chi connectivity index (χ4v) is 0.397. The molecule has 8 heavy (non-hydrogen) atoms. The second-order valence-electron chi connectivity index (χ2n) is 1.20. The Morgan fingerprint density at radius 2 is 2.50 bits per heavy atom. The van der Waals surface area contributed by atoms with Crippen molar-refractivity contribution >= 4 is 18.2 Å². The van der Waals surface area contributed by atoms with Gasteiger partial charge in [-0.05, 0) is 0 Å². The van der Waals surface area contributed by atoms with E-state index < -0.39 is 0 Å². The molecule has 0 amide bonds. The summed E-state index contributed by atoms with van der Waals surface area (Å²) in [7, 11) is 1.83. The van der Waals surface area contributed by atoms with Crippen LogP contribution in [0.25, 0.3) is 0 Å². The third-order valence-electron chi connectivity index (χ3n) is 0.754. The second-order valence-corrected chi connectivity index (χ2v) is 1.20. The first kappa shape index (κ1) is 7.30. The van der Waals surface area contributed by atoms with Crippen LogP contribution in [0.1, 0.15) is 0 Å². The first-order chi connectivity index (χ1) is 3.43. The molecule has 1 heterocycles. The normalized spacial score (nSPS) is 7.62. The minimum Gasteiger partial charge on any atom is -0.372 e. The van der Waals surface area contributed by atoms with Crippen molar-refractivity contribution < 1.29 is 0 Å². The molecule has 0 radical (unpaired) electrons. The van der Waals surface area contributed by atoms with E-state index in [1.54, 1.807) is 12.5 Å². The standard InChI is InChI=1S/C4H7N3.ClH/c1-5-4-2-6-3-7-4;/h2-3,5H,1H3,(H,6,7);1H. The molecule has 4 heteroatoms. The number of hydrogen-bond acceptors (Lipinski definition) is 2. The van der Waals surface area contributed by atoms with Gasteiger partial charge < -0.3 is 10.3 Å². The number of anilines is 1. The lowest BCUT2D eigenvalue weighted by atomic mass is 10.8. The Balaban J connectivity index is 0.000000490. The van der Waals surface area contributed by atoms with Crippen LogP contribution in [0.2, 0.25) is 0 Å². The van der Waals surface area contributed by atoms with Crippen LogP contribution in [0, 0.1) is 0 Å². The Morgan fingerprint density at radius 1 is 1.75 bits per heavy atom. The van der Waals surface area contributed by atoms with Crippen molar-refractivity contribution in [2.24, 2.45) is 0 Å². The van der Waals surface area contributed by atoms with Crippen LogP contribution in [0.3, 0.4) is 0 Å². The fraction of sp³-hybridized carbons (Fsp3) is 0.250. The lowest BCUT2D eigenvalue weighted by molar-refractivity contribution is 1.30. The van der Waals surface area contributed by atoms with Gasteiger partial charge in [0.05, 0.1) is 6.33 Å². The predicted molar refractivity (Wildman–Crippen MR) is 35.4 cm³/mol. The van der Waals surface area contributed by atoms with Crippen LogP contribution >= 0.6 is 12.4 Å². The molecule has 0 saturated heterocycles. The lowest BCUT2D eigenvalue weighted by Gasteiger charge is -1.84. The third-order valence-corrected chi connectivity index (χ3v) is 0.754. The highest BCUT2D eigenvalue weighted by Crippen LogP contribution is 1.92. The summed E-state index contributed by atoms with van der Waals surface area (Å²) in [6.07, 6.45) is 3.42. The van der Waals surface area contributed by atoms with Gasteiger partial charge >= 0.3 is 0 Å². The van der Waals surface area contributed by atoms with Gasteiger partial charge in [-0.15, -0.1) is 12.4 Å². The highest BCUT2D eigenvalue weighted by atomic mass is 35.5. The van der Waals surface area contributed by atoms with Crippen molar-refractivity contribution in [3.05, 3.63) is 12.5 Å². The number of imidazole rings is 1. The van der Waals surface area contributed by atoms with Gasteiger partial charge in [0.15, 0.2) is 0 Å². The summed E-state index contributed by atoms with van der Waals surface area (Å²) in [5, 5.41) is 2.86. The van der Waals surface area contributed by atoms with Gasteiger partial charge in [0.2, 0.25) is 0 Å². The van der Waals surface area contributed by atoms with E-state index in [1.165, 1.54) is 0 Å². The molecule has 0 bridgehead atoms. The number of hydrogen-bond donors (Lipinski definition) is 2. The maximum Gasteiger partial charge on any atom is 0.143 e. The molecule has 0 aliphatic heterocycles. The number of rotatable bonds is 1. The third kappa shape index (κ3) is 1.42. The maximum atomic E-state index is 3.87. The summed E-state index contributed by atoms with van der Waals surface area (Å²) in [4.78, 5) is 6.68. The molecule has 1 aromatic heterocycles. The number of H-pyrrole nitrogens is 1. The van der Waals surface area contributed by atoms with Crippen LogP contribution in [0.5, 0.6) is 0 Å². The minimum atomic E-state index is 0. The van der Waals surface area contributed by atoms with E-state index in [2.05, 4.69) is 15.3 Å². The molecule has 0 spiro atoms. The number of halogens is 1. The summed E-state index contributed by atoms with van der Waals surface area (Å²) in [6, 6.07) is 0. The summed E-state index contributed by atoms with van der Waals surface area (Å²) >= 11 is 0. The Bertz CT molecular complexity index is 126. The van der Waals surface area contributed by atoms with Crippen molar-refractivity contribution in [2.75, 3.05) is 12.4 Å². The molecule has 0 unspecified atom stereocenters. The Kier molecular flexibility index (Phi) is 3.03. The summed E-state index contributed by atoms with van der Waals surface area (Å²) < 4.78 is 0. The van der Waals surface area contributed by atoms with E-state index in [0.29, 0.717) is 0 Å². The fourth-order valence-electron chi connectivity index (χ4n) is 0.397. The number of nitrogens with one attached hydrogen (secondary N) is 2. The monoisotopic (exact) mass is 133 g/mol. The molecule has 2 N–H and O–H groups in total. The van der Waals surface area contributed by atoms with Crippen LogP contribution in [-0.4, -0.2) is 17.0 Å². The highest BCUT2D eigenvalue weighted by Gasteiger charge is 1.81. The molecular weight excluding hydrogens is 126 g/mol. The quantitative estimate of drug-likeness (QED) is 0.597. The van der Waals surface area contributed by atoms with E-state index in [9.17, 15) is 0 Å². The molecule has 0 saturated carbocycles. The van der Waals surface area contributed by atoms with Crippen molar-refractivity contribution in [2.45, 2.75) is 0 Å². The van der Waals surface area contributed by atoms with Crippen molar-refractivity contribution in [3.63, 3.8) is 0 Å². The van der Waals surface area contributed by atoms with Gasteiger partial charge in [0, 0.05) is 13.2 Å². The largest absolute Gasteiger partial charge is 0.372 e. The average Bonchev–Trinajstić information content (AvgIpc) is 2.14. The average molecular weight is 134 g/mol. The molecule has 0 aliphatic carbocycles. The van der Waals surface area contributed by atoms with Crippen molar-refractivity contribution in [1.82, 2.24) is 9.97 Å². The summed E-state index contributed by atoms with van der Waals surface area (Å²) in [5.74, 6) is 0.875. The first-order valence-electron chi connectivity index (χ1n) is 2.10. The zero-order valence-corrected chi connectivity index (χ0v) is 5.33. The van der Waals surface area contributed by atoms with Gasteiger partial charge in [-0.1, -0.05) is 0 Å². The summed E-state index contributed by atoms with van der Waals surface area (Å²) in [6.45, 7) is 0. The lowest BCUT2D eigenvalue weighted by Crippen LogP contribution is -1.84. The molecule has 0 aliphatic rings. The van der Waals surface area contributed by atoms with Gasteiger partial charge in [-0.25, -0.2) is 4.98 Å². The van der Waals surface area contributed by atoms with E-state index in [4.69, 9.17) is 0 Å². The maximum absolute atomic E-state index is 3.87. The molecule has 46 valence electrons. The zero-order valence-electron chi connectivity index (χ0n) is 4.51. The molecule has 0 aromatic carbocycles. The predicted octanol–water partition coefficient (Wildman–Crippen LogP) is 0.873. The number of nitrogens with zero attached hydrogens (tertiary/aromatic N) is 1. The Hall–Kier alpha value is -0.700. The highest BCUT2D eigenvalue weighted by molar-refractivity contribution is 5.85. The Morgan fingerprint density at radius 3 is 2.75 bits per heavy atom. The first-order valence-corrected chi connectivity index (χ1v) is 2.10. The molecule has 0 fully saturated rings. The van der Waals surface area contributed by atoms with Crippen LogP contribution in [0.4, 0.5) is 5.82 Å². The molecule has 0 atom stereocenters. The molecule has 1 rings (SSSR count). The second kappa shape index (κ2) is 3.32. The minimum absolute atomic E-state index is 0.